The molecule has 0 aromatic heterocycles. The molecule has 2 rings (SSSR count). The zero-order valence-electron chi connectivity index (χ0n) is 14.2. The van der Waals surface area contributed by atoms with Crippen molar-refractivity contribution in [2.75, 3.05) is 6.61 Å². The summed E-state index contributed by atoms with van der Waals surface area (Å²) in [6, 6.07) is 3.76. The molecule has 1 heterocycles. The van der Waals surface area contributed by atoms with Gasteiger partial charge < -0.3 is 19.5 Å². The Bertz CT molecular complexity index is 566. The normalized spacial score (nSPS) is 20.5. The molecule has 0 spiro atoms. The van der Waals surface area contributed by atoms with E-state index in [1.165, 1.54) is 0 Å². The minimum Gasteiger partial charge on any atom is -0.507 e. The van der Waals surface area contributed by atoms with Crippen molar-refractivity contribution in [3.8, 4) is 5.75 Å². The van der Waals surface area contributed by atoms with Crippen molar-refractivity contribution in [1.29, 1.82) is 0 Å². The van der Waals surface area contributed by atoms with Crippen molar-refractivity contribution >= 4 is 13.2 Å². The van der Waals surface area contributed by atoms with Gasteiger partial charge in [0.05, 0.1) is 17.8 Å². The van der Waals surface area contributed by atoms with Gasteiger partial charge in [-0.1, -0.05) is 6.08 Å². The molecule has 1 aliphatic heterocycles. The van der Waals surface area contributed by atoms with Gasteiger partial charge in [-0.3, -0.25) is 0 Å². The molecule has 1 aromatic carbocycles. The number of aryl methyl sites for hydroxylation is 2. The number of aromatic hydroxyl groups is 1. The Morgan fingerprint density at radius 1 is 1.09 bits per heavy atom. The number of aliphatic hydroxyl groups excluding tert-OH is 1. The van der Waals surface area contributed by atoms with Crippen LogP contribution in [-0.2, 0) is 9.31 Å². The number of hydrogen-bond acceptors (Lipinski definition) is 4. The average molecular weight is 304 g/mol. The molecule has 0 atom stereocenters. The lowest BCUT2D eigenvalue weighted by Crippen LogP contribution is -2.41. The van der Waals surface area contributed by atoms with Crippen LogP contribution in [0, 0.1) is 13.8 Å². The van der Waals surface area contributed by atoms with E-state index in [0.29, 0.717) is 11.2 Å². The molecule has 120 valence electrons. The molecule has 0 bridgehead atoms. The summed E-state index contributed by atoms with van der Waals surface area (Å²) in [6.07, 6.45) is 1.86. The van der Waals surface area contributed by atoms with Crippen LogP contribution in [0.5, 0.6) is 5.75 Å². The summed E-state index contributed by atoms with van der Waals surface area (Å²) >= 11 is 0. The summed E-state index contributed by atoms with van der Waals surface area (Å²) in [7, 11) is -0.565. The van der Waals surface area contributed by atoms with E-state index in [1.807, 2.05) is 59.8 Å². The smallest absolute Gasteiger partial charge is 0.492 e. The van der Waals surface area contributed by atoms with Crippen LogP contribution in [0.1, 0.15) is 44.4 Å². The quantitative estimate of drug-likeness (QED) is 0.843. The van der Waals surface area contributed by atoms with Gasteiger partial charge in [0.1, 0.15) is 5.75 Å². The molecule has 1 aromatic rings. The van der Waals surface area contributed by atoms with Gasteiger partial charge in [0.25, 0.3) is 0 Å². The van der Waals surface area contributed by atoms with Crippen LogP contribution in [0.3, 0.4) is 0 Å². The highest BCUT2D eigenvalue weighted by Crippen LogP contribution is 2.38. The monoisotopic (exact) mass is 304 g/mol. The highest BCUT2D eigenvalue weighted by atomic mass is 16.7. The first-order valence-corrected chi connectivity index (χ1v) is 7.54. The largest absolute Gasteiger partial charge is 0.507 e. The van der Waals surface area contributed by atoms with Gasteiger partial charge in [-0.15, -0.1) is 0 Å². The van der Waals surface area contributed by atoms with Crippen molar-refractivity contribution in [1.82, 2.24) is 0 Å². The fraction of sp³-hybridized carbons (Fsp3) is 0.529. The maximum absolute atomic E-state index is 9.85. The van der Waals surface area contributed by atoms with Gasteiger partial charge >= 0.3 is 7.12 Å². The highest BCUT2D eigenvalue weighted by Gasteiger charge is 2.52. The van der Waals surface area contributed by atoms with Crippen molar-refractivity contribution < 1.29 is 19.5 Å². The van der Waals surface area contributed by atoms with Crippen LogP contribution in [0.4, 0.5) is 0 Å². The summed E-state index contributed by atoms with van der Waals surface area (Å²) in [4.78, 5) is 0. The highest BCUT2D eigenvalue weighted by molar-refractivity contribution is 6.55. The molecule has 22 heavy (non-hydrogen) atoms. The van der Waals surface area contributed by atoms with E-state index in [0.717, 1.165) is 16.7 Å². The second kappa shape index (κ2) is 5.72. The Labute approximate surface area is 132 Å². The van der Waals surface area contributed by atoms with Crippen LogP contribution in [0.15, 0.2) is 17.6 Å². The number of aliphatic hydroxyl groups is 1. The summed E-state index contributed by atoms with van der Waals surface area (Å²) in [6.45, 7) is 11.5. The van der Waals surface area contributed by atoms with E-state index in [-0.39, 0.29) is 6.61 Å². The molecule has 0 aliphatic carbocycles. The number of phenols is 1. The summed E-state index contributed by atoms with van der Waals surface area (Å²) in [5.74, 6) is 0.304. The third-order valence-electron chi connectivity index (χ3n) is 4.60. The number of hydrogen-bond donors (Lipinski definition) is 2. The van der Waals surface area contributed by atoms with Crippen molar-refractivity contribution in [2.24, 2.45) is 0 Å². The molecular formula is C17H25BO4. The third-order valence-corrected chi connectivity index (χ3v) is 4.60. The first-order valence-electron chi connectivity index (χ1n) is 7.54. The molecule has 0 unspecified atom stereocenters. The minimum absolute atomic E-state index is 0.143. The van der Waals surface area contributed by atoms with Gasteiger partial charge in [-0.25, -0.2) is 0 Å². The van der Waals surface area contributed by atoms with E-state index < -0.39 is 18.3 Å². The lowest BCUT2D eigenvalue weighted by atomic mass is 9.77. The molecule has 5 heteroatoms. The topological polar surface area (TPSA) is 58.9 Å². The zero-order valence-corrected chi connectivity index (χ0v) is 14.2. The average Bonchev–Trinajstić information content (AvgIpc) is 2.61. The van der Waals surface area contributed by atoms with Gasteiger partial charge in [-0.2, -0.15) is 0 Å². The van der Waals surface area contributed by atoms with Crippen LogP contribution < -0.4 is 0 Å². The van der Waals surface area contributed by atoms with Gasteiger partial charge in [0.15, 0.2) is 0 Å². The molecule has 0 amide bonds. The van der Waals surface area contributed by atoms with E-state index in [4.69, 9.17) is 9.31 Å². The van der Waals surface area contributed by atoms with Gasteiger partial charge in [0, 0.05) is 0 Å². The molecule has 0 saturated carbocycles. The Kier molecular flexibility index (Phi) is 4.44. The molecular weight excluding hydrogens is 279 g/mol. The molecule has 4 nitrogen and oxygen atoms in total. The van der Waals surface area contributed by atoms with Crippen LogP contribution in [-0.4, -0.2) is 35.1 Å². The second-order valence-corrected chi connectivity index (χ2v) is 6.97. The van der Waals surface area contributed by atoms with Crippen molar-refractivity contribution in [2.45, 2.75) is 52.7 Å². The van der Waals surface area contributed by atoms with E-state index in [1.54, 1.807) is 0 Å². The molecule has 1 aliphatic rings. The first-order chi connectivity index (χ1) is 10.1. The lowest BCUT2D eigenvalue weighted by molar-refractivity contribution is 0.00578. The van der Waals surface area contributed by atoms with Crippen LogP contribution in [0.2, 0.25) is 0 Å². The standard InChI is InChI=1S/C17H25BO4/c1-11-7-13(8-12(2)15(11)20)9-14(10-19)18-21-16(3,4)17(5,6)22-18/h7-9,19-20H,10H2,1-6H3. The fourth-order valence-corrected chi connectivity index (χ4v) is 2.47. The Balaban J connectivity index is 2.34. The molecule has 1 saturated heterocycles. The van der Waals surface area contributed by atoms with Crippen LogP contribution >= 0.6 is 0 Å². The Hall–Kier alpha value is -1.30. The van der Waals surface area contributed by atoms with Crippen molar-refractivity contribution in [3.63, 3.8) is 0 Å². The number of phenolic OH excluding ortho intramolecular Hbond substituents is 1. The predicted octanol–water partition coefficient (Wildman–Crippen LogP) is 3.02. The maximum Gasteiger partial charge on any atom is 0.492 e. The molecule has 0 radical (unpaired) electrons. The van der Waals surface area contributed by atoms with Gasteiger partial charge in [0.2, 0.25) is 0 Å². The molecule has 1 fully saturated rings. The maximum atomic E-state index is 9.85. The fourth-order valence-electron chi connectivity index (χ4n) is 2.47. The second-order valence-electron chi connectivity index (χ2n) is 6.97. The SMILES string of the molecule is Cc1cc(C=C(CO)B2OC(C)(C)C(C)(C)O2)cc(C)c1O. The third kappa shape index (κ3) is 3.07. The van der Waals surface area contributed by atoms with E-state index in [9.17, 15) is 10.2 Å². The van der Waals surface area contributed by atoms with Crippen molar-refractivity contribution in [3.05, 3.63) is 34.3 Å². The Morgan fingerprint density at radius 2 is 1.55 bits per heavy atom. The number of benzene rings is 1. The lowest BCUT2D eigenvalue weighted by Gasteiger charge is -2.32. The van der Waals surface area contributed by atoms with E-state index >= 15 is 0 Å². The van der Waals surface area contributed by atoms with Crippen LogP contribution in [0.25, 0.3) is 6.08 Å². The van der Waals surface area contributed by atoms with Gasteiger partial charge in [-0.05, 0) is 75.8 Å². The Morgan fingerprint density at radius 3 is 1.95 bits per heavy atom. The predicted molar refractivity (Wildman–Crippen MR) is 88.7 cm³/mol. The summed E-state index contributed by atoms with van der Waals surface area (Å²) in [5.41, 5.74) is 2.31. The zero-order chi connectivity index (χ0) is 16.7. The molecule has 2 N–H and O–H groups in total. The van der Waals surface area contributed by atoms with E-state index in [2.05, 4.69) is 0 Å². The number of rotatable bonds is 3. The minimum atomic E-state index is -0.565. The first kappa shape index (κ1) is 17.1. The summed E-state index contributed by atoms with van der Waals surface area (Å²) in [5, 5.41) is 19.6. The summed E-state index contributed by atoms with van der Waals surface area (Å²) < 4.78 is 11.9.